The molecular formula is C12H14BrNOS. The molecule has 0 saturated carbocycles. The number of ether oxygens (including phenoxy) is 1. The molecule has 0 radical (unpaired) electrons. The molecule has 1 aromatic heterocycles. The molecule has 0 bridgehead atoms. The molecule has 0 spiro atoms. The Balaban J connectivity index is 2.57. The van der Waals surface area contributed by atoms with Gasteiger partial charge in [0.05, 0.1) is 6.61 Å². The second kappa shape index (κ2) is 5.27. The second-order valence-electron chi connectivity index (χ2n) is 3.61. The van der Waals surface area contributed by atoms with E-state index in [1.54, 1.807) is 7.11 Å². The highest BCUT2D eigenvalue weighted by Gasteiger charge is 2.11. The van der Waals surface area contributed by atoms with Crippen LogP contribution in [0.2, 0.25) is 0 Å². The minimum absolute atomic E-state index is 0.674. The number of hydrogen-bond acceptors (Lipinski definition) is 3. The molecular weight excluding hydrogens is 286 g/mol. The van der Waals surface area contributed by atoms with Crippen molar-refractivity contribution in [2.24, 2.45) is 0 Å². The van der Waals surface area contributed by atoms with Crippen molar-refractivity contribution in [3.63, 3.8) is 0 Å². The summed E-state index contributed by atoms with van der Waals surface area (Å²) in [6, 6.07) is 6.40. The first-order valence-corrected chi connectivity index (χ1v) is 6.70. The molecule has 0 aliphatic heterocycles. The summed E-state index contributed by atoms with van der Waals surface area (Å²) in [7, 11) is 3.71. The van der Waals surface area contributed by atoms with Crippen LogP contribution in [0.25, 0.3) is 10.1 Å². The lowest BCUT2D eigenvalue weighted by Gasteiger charge is -2.02. The van der Waals surface area contributed by atoms with Crippen LogP contribution in [-0.2, 0) is 17.9 Å². The zero-order valence-corrected chi connectivity index (χ0v) is 11.7. The van der Waals surface area contributed by atoms with Gasteiger partial charge < -0.3 is 10.1 Å². The molecule has 0 atom stereocenters. The van der Waals surface area contributed by atoms with E-state index in [4.69, 9.17) is 4.74 Å². The van der Waals surface area contributed by atoms with Gasteiger partial charge in [0.2, 0.25) is 0 Å². The van der Waals surface area contributed by atoms with Crippen molar-refractivity contribution < 1.29 is 4.74 Å². The molecule has 2 aromatic rings. The fraction of sp³-hybridized carbons (Fsp3) is 0.333. The van der Waals surface area contributed by atoms with E-state index in [2.05, 4.69) is 39.4 Å². The number of halogens is 1. The molecule has 0 unspecified atom stereocenters. The molecule has 4 heteroatoms. The van der Waals surface area contributed by atoms with Gasteiger partial charge in [0.1, 0.15) is 0 Å². The van der Waals surface area contributed by atoms with Crippen molar-refractivity contribution in [3.8, 4) is 0 Å². The van der Waals surface area contributed by atoms with E-state index >= 15 is 0 Å². The third-order valence-corrected chi connectivity index (χ3v) is 4.17. The minimum atomic E-state index is 0.674. The number of nitrogens with one attached hydrogen (secondary N) is 1. The van der Waals surface area contributed by atoms with Crippen molar-refractivity contribution in [1.82, 2.24) is 5.32 Å². The Labute approximate surface area is 108 Å². The number of fused-ring (bicyclic) bond motifs is 1. The van der Waals surface area contributed by atoms with Gasteiger partial charge in [0.15, 0.2) is 0 Å². The molecule has 2 nitrogen and oxygen atoms in total. The quantitative estimate of drug-likeness (QED) is 0.932. The third kappa shape index (κ3) is 2.30. The van der Waals surface area contributed by atoms with Gasteiger partial charge in [-0.3, -0.25) is 0 Å². The Hall–Kier alpha value is -0.420. The highest BCUT2D eigenvalue weighted by molar-refractivity contribution is 9.10. The molecule has 1 aromatic carbocycles. The van der Waals surface area contributed by atoms with Gasteiger partial charge in [-0.05, 0) is 30.6 Å². The Morgan fingerprint density at radius 3 is 2.94 bits per heavy atom. The minimum Gasteiger partial charge on any atom is -0.380 e. The van der Waals surface area contributed by atoms with Crippen molar-refractivity contribution in [1.29, 1.82) is 0 Å². The van der Waals surface area contributed by atoms with Crippen LogP contribution in [0.1, 0.15) is 10.4 Å². The maximum atomic E-state index is 5.28. The molecule has 16 heavy (non-hydrogen) atoms. The van der Waals surface area contributed by atoms with Crippen molar-refractivity contribution in [2.75, 3.05) is 14.2 Å². The molecule has 0 aliphatic rings. The molecule has 0 amide bonds. The average molecular weight is 300 g/mol. The molecule has 2 rings (SSSR count). The van der Waals surface area contributed by atoms with Crippen LogP contribution in [0.5, 0.6) is 0 Å². The van der Waals surface area contributed by atoms with Crippen LogP contribution in [0, 0.1) is 0 Å². The Kier molecular flexibility index (Phi) is 3.97. The van der Waals surface area contributed by atoms with Crippen LogP contribution in [0.4, 0.5) is 0 Å². The van der Waals surface area contributed by atoms with Gasteiger partial charge in [-0.2, -0.15) is 0 Å². The van der Waals surface area contributed by atoms with Crippen LogP contribution < -0.4 is 5.32 Å². The van der Waals surface area contributed by atoms with E-state index in [0.717, 1.165) is 11.0 Å². The highest BCUT2D eigenvalue weighted by atomic mass is 79.9. The largest absolute Gasteiger partial charge is 0.380 e. The maximum absolute atomic E-state index is 5.28. The van der Waals surface area contributed by atoms with Crippen LogP contribution in [-0.4, -0.2) is 14.2 Å². The monoisotopic (exact) mass is 299 g/mol. The molecule has 1 N–H and O–H groups in total. The summed E-state index contributed by atoms with van der Waals surface area (Å²) in [5.74, 6) is 0. The molecule has 1 heterocycles. The van der Waals surface area contributed by atoms with Gasteiger partial charge in [-0.1, -0.05) is 15.9 Å². The van der Waals surface area contributed by atoms with Crippen LogP contribution in [0.3, 0.4) is 0 Å². The van der Waals surface area contributed by atoms with E-state index in [1.165, 1.54) is 20.5 Å². The predicted molar refractivity (Wildman–Crippen MR) is 73.0 cm³/mol. The zero-order valence-electron chi connectivity index (χ0n) is 9.34. The van der Waals surface area contributed by atoms with Gasteiger partial charge in [0, 0.05) is 33.3 Å². The summed E-state index contributed by atoms with van der Waals surface area (Å²) in [5.41, 5.74) is 1.30. The maximum Gasteiger partial charge on any atom is 0.0730 e. The average Bonchev–Trinajstić information content (AvgIpc) is 2.58. The summed E-state index contributed by atoms with van der Waals surface area (Å²) in [4.78, 5) is 1.36. The Bertz CT molecular complexity index is 495. The zero-order chi connectivity index (χ0) is 11.5. The smallest absolute Gasteiger partial charge is 0.0730 e. The van der Waals surface area contributed by atoms with Gasteiger partial charge in [-0.15, -0.1) is 11.3 Å². The number of benzene rings is 1. The molecule has 86 valence electrons. The van der Waals surface area contributed by atoms with Crippen molar-refractivity contribution in [3.05, 3.63) is 33.1 Å². The van der Waals surface area contributed by atoms with Gasteiger partial charge in [0.25, 0.3) is 0 Å². The van der Waals surface area contributed by atoms with E-state index < -0.39 is 0 Å². The van der Waals surface area contributed by atoms with E-state index in [0.29, 0.717) is 6.61 Å². The lowest BCUT2D eigenvalue weighted by atomic mass is 10.1. The normalized spacial score (nSPS) is 11.2. The summed E-state index contributed by atoms with van der Waals surface area (Å²) in [6.45, 7) is 1.57. The molecule has 0 saturated heterocycles. The molecule has 0 fully saturated rings. The summed E-state index contributed by atoms with van der Waals surface area (Å²) < 4.78 is 7.72. The molecule has 0 aliphatic carbocycles. The number of hydrogen-bond donors (Lipinski definition) is 1. The highest BCUT2D eigenvalue weighted by Crippen LogP contribution is 2.33. The fourth-order valence-electron chi connectivity index (χ4n) is 1.78. The number of methoxy groups -OCH3 is 1. The summed E-state index contributed by atoms with van der Waals surface area (Å²) in [6.07, 6.45) is 0. The van der Waals surface area contributed by atoms with Crippen molar-refractivity contribution in [2.45, 2.75) is 13.2 Å². The van der Waals surface area contributed by atoms with Gasteiger partial charge in [-0.25, -0.2) is 0 Å². The SMILES string of the molecule is CNCc1sc2ccc(Br)cc2c1COC. The first-order chi connectivity index (χ1) is 7.76. The van der Waals surface area contributed by atoms with Crippen molar-refractivity contribution >= 4 is 37.4 Å². The third-order valence-electron chi connectivity index (χ3n) is 2.46. The number of thiophene rings is 1. The second-order valence-corrected chi connectivity index (χ2v) is 5.66. The van der Waals surface area contributed by atoms with Crippen LogP contribution in [0.15, 0.2) is 22.7 Å². The summed E-state index contributed by atoms with van der Waals surface area (Å²) in [5, 5.41) is 4.50. The van der Waals surface area contributed by atoms with E-state index in [-0.39, 0.29) is 0 Å². The summed E-state index contributed by atoms with van der Waals surface area (Å²) >= 11 is 5.35. The first kappa shape index (κ1) is 12.0. The Morgan fingerprint density at radius 2 is 2.25 bits per heavy atom. The van der Waals surface area contributed by atoms with Crippen LogP contribution >= 0.6 is 27.3 Å². The lowest BCUT2D eigenvalue weighted by molar-refractivity contribution is 0.185. The lowest BCUT2D eigenvalue weighted by Crippen LogP contribution is -2.05. The number of rotatable bonds is 4. The predicted octanol–water partition coefficient (Wildman–Crippen LogP) is 3.53. The Morgan fingerprint density at radius 1 is 1.44 bits per heavy atom. The van der Waals surface area contributed by atoms with E-state index in [9.17, 15) is 0 Å². The standard InChI is InChI=1S/C12H14BrNOS/c1-14-6-12-10(7-15-2)9-5-8(13)3-4-11(9)16-12/h3-5,14H,6-7H2,1-2H3. The van der Waals surface area contributed by atoms with Gasteiger partial charge >= 0.3 is 0 Å². The topological polar surface area (TPSA) is 21.3 Å². The first-order valence-electron chi connectivity index (χ1n) is 5.09. The fourth-order valence-corrected chi connectivity index (χ4v) is 3.34. The van der Waals surface area contributed by atoms with E-state index in [1.807, 2.05) is 18.4 Å².